The number of carbonyl (C=O) groups excluding carboxylic acids is 1. The molecule has 2 aromatic carbocycles. The highest BCUT2D eigenvalue weighted by Crippen LogP contribution is 2.45. The van der Waals surface area contributed by atoms with E-state index in [4.69, 9.17) is 9.84 Å². The van der Waals surface area contributed by atoms with Crippen molar-refractivity contribution in [2.75, 3.05) is 13.7 Å². The van der Waals surface area contributed by atoms with Crippen LogP contribution >= 0.6 is 0 Å². The summed E-state index contributed by atoms with van der Waals surface area (Å²) in [5.74, 6) is -0.221. The lowest BCUT2D eigenvalue weighted by Crippen LogP contribution is -2.45. The molecule has 4 aliphatic rings. The van der Waals surface area contributed by atoms with Crippen molar-refractivity contribution in [1.29, 1.82) is 0 Å². The molecule has 218 valence electrons. The molecule has 1 saturated heterocycles. The third-order valence-corrected chi connectivity index (χ3v) is 8.73. The summed E-state index contributed by atoms with van der Waals surface area (Å²) >= 11 is 0. The number of rotatable bonds is 7. The number of benzene rings is 2. The van der Waals surface area contributed by atoms with Gasteiger partial charge in [-0.2, -0.15) is 0 Å². The number of alkyl halides is 1. The topological polar surface area (TPSA) is 87.7 Å². The Bertz CT molecular complexity index is 1170. The molecular formula is C32H42F2N2O4. The third kappa shape index (κ3) is 7.39. The molecule has 3 aliphatic carbocycles. The number of ether oxygens (including phenoxy) is 1. The Kier molecular flexibility index (Phi) is 9.82. The van der Waals surface area contributed by atoms with Gasteiger partial charge >= 0.3 is 5.97 Å². The summed E-state index contributed by atoms with van der Waals surface area (Å²) in [6, 6.07) is 10.9. The van der Waals surface area contributed by atoms with Crippen molar-refractivity contribution in [1.82, 2.24) is 10.6 Å². The lowest BCUT2D eigenvalue weighted by Gasteiger charge is -2.38. The normalized spacial score (nSPS) is 22.8. The summed E-state index contributed by atoms with van der Waals surface area (Å²) in [6.45, 7) is 2.26. The fraction of sp³-hybridized carbons (Fsp3) is 0.562. The van der Waals surface area contributed by atoms with Gasteiger partial charge in [0.2, 0.25) is 6.41 Å². The quantitative estimate of drug-likeness (QED) is 0.348. The van der Waals surface area contributed by atoms with Crippen LogP contribution in [0.5, 0.6) is 5.75 Å². The molecule has 3 saturated carbocycles. The molecule has 0 radical (unpaired) electrons. The number of aliphatic carboxylic acids is 1. The first-order valence-corrected chi connectivity index (χ1v) is 14.5. The lowest BCUT2D eigenvalue weighted by atomic mass is 9.74. The van der Waals surface area contributed by atoms with E-state index in [0.717, 1.165) is 48.8 Å². The van der Waals surface area contributed by atoms with Crippen LogP contribution in [0.25, 0.3) is 11.1 Å². The summed E-state index contributed by atoms with van der Waals surface area (Å²) in [6.07, 6.45) is 11.9. The number of carboxylic acid groups (broad SMARTS) is 1. The van der Waals surface area contributed by atoms with Crippen LogP contribution in [-0.2, 0) is 16.0 Å². The average molecular weight is 557 g/mol. The first kappa shape index (κ1) is 30.0. The molecule has 8 heteroatoms. The van der Waals surface area contributed by atoms with Crippen LogP contribution in [0, 0.1) is 5.82 Å². The molecule has 0 unspecified atom stereocenters. The number of nitrogens with one attached hydrogen (secondary N) is 2. The first-order chi connectivity index (χ1) is 19.1. The molecule has 6 nitrogen and oxygen atoms in total. The summed E-state index contributed by atoms with van der Waals surface area (Å²) in [7, 11) is 1.57. The zero-order valence-electron chi connectivity index (χ0n) is 23.6. The van der Waals surface area contributed by atoms with E-state index in [-0.39, 0.29) is 23.7 Å². The predicted octanol–water partition coefficient (Wildman–Crippen LogP) is 6.31. The number of halogens is 2. The number of amides is 1. The molecule has 1 amide bonds. The van der Waals surface area contributed by atoms with Crippen LogP contribution in [-0.4, -0.2) is 48.4 Å². The average Bonchev–Trinajstić information content (AvgIpc) is 3.18. The highest BCUT2D eigenvalue weighted by molar-refractivity contribution is 5.77. The molecule has 0 aromatic heterocycles. The first-order valence-electron chi connectivity index (χ1n) is 14.5. The van der Waals surface area contributed by atoms with E-state index in [1.807, 2.05) is 6.07 Å². The van der Waals surface area contributed by atoms with Gasteiger partial charge < -0.3 is 20.5 Å². The fourth-order valence-corrected chi connectivity index (χ4v) is 5.96. The van der Waals surface area contributed by atoms with Gasteiger partial charge in [0.25, 0.3) is 0 Å². The Morgan fingerprint density at radius 2 is 1.85 bits per heavy atom. The maximum Gasteiger partial charge on any atom is 0.307 e. The highest BCUT2D eigenvalue weighted by Gasteiger charge is 2.48. The monoisotopic (exact) mass is 556 g/mol. The van der Waals surface area contributed by atoms with Crippen molar-refractivity contribution in [3.05, 3.63) is 53.3 Å². The number of carboxylic acids is 1. The minimum atomic E-state index is -0.930. The van der Waals surface area contributed by atoms with Gasteiger partial charge in [0, 0.05) is 30.1 Å². The lowest BCUT2D eigenvalue weighted by molar-refractivity contribution is -0.136. The maximum atomic E-state index is 14.4. The van der Waals surface area contributed by atoms with Gasteiger partial charge in [-0.3, -0.25) is 9.59 Å². The van der Waals surface area contributed by atoms with E-state index in [0.29, 0.717) is 23.9 Å². The van der Waals surface area contributed by atoms with Crippen molar-refractivity contribution in [2.45, 2.75) is 101 Å². The van der Waals surface area contributed by atoms with Crippen LogP contribution in [0.1, 0.15) is 88.2 Å². The fourth-order valence-electron chi connectivity index (χ4n) is 5.96. The number of carbonyl (C=O) groups is 2. The van der Waals surface area contributed by atoms with Crippen molar-refractivity contribution in [3.8, 4) is 16.9 Å². The van der Waals surface area contributed by atoms with Gasteiger partial charge in [-0.05, 0) is 99.1 Å². The number of hydrogen-bond acceptors (Lipinski definition) is 4. The molecule has 0 bridgehead atoms. The molecule has 3 N–H and O–H groups in total. The molecule has 1 spiro atoms. The molecule has 6 rings (SSSR count). The van der Waals surface area contributed by atoms with Gasteiger partial charge in [-0.15, -0.1) is 0 Å². The van der Waals surface area contributed by atoms with Gasteiger partial charge in [0.05, 0.1) is 13.5 Å². The maximum absolute atomic E-state index is 14.4. The Balaban J connectivity index is 0.000000176. The Morgan fingerprint density at radius 3 is 2.27 bits per heavy atom. The van der Waals surface area contributed by atoms with Crippen LogP contribution in [0.15, 0.2) is 36.4 Å². The molecule has 1 atom stereocenters. The molecule has 2 aromatic rings. The van der Waals surface area contributed by atoms with E-state index >= 15 is 0 Å². The summed E-state index contributed by atoms with van der Waals surface area (Å²) in [5.41, 5.74) is 2.26. The minimum Gasteiger partial charge on any atom is -0.496 e. The summed E-state index contributed by atoms with van der Waals surface area (Å²) in [5, 5.41) is 15.0. The minimum absolute atomic E-state index is 0.0644. The standard InChI is InChI=1S/C19H19FO3.C8H14FN.C5H9NO/c1-23-17-9-8-12(11-18(21)22)10-15(17)14-6-3-7-16(20)19(14)13-4-2-5-13;1-7(9)5-8(10-6-7)3-2-4-8;7-4-6-5-2-1-3-5/h3,6-10,13H,2,4-5,11H2,1H3,(H,21,22);10H,2-6H2,1H3;4-5H,1-3H2,(H,6,7)/t;7-;/m.1./s1. The Morgan fingerprint density at radius 1 is 1.12 bits per heavy atom. The predicted molar refractivity (Wildman–Crippen MR) is 152 cm³/mol. The largest absolute Gasteiger partial charge is 0.496 e. The molecule has 40 heavy (non-hydrogen) atoms. The van der Waals surface area contributed by atoms with E-state index in [1.54, 1.807) is 38.3 Å². The van der Waals surface area contributed by atoms with Crippen molar-refractivity contribution in [2.24, 2.45) is 0 Å². The van der Waals surface area contributed by atoms with E-state index in [9.17, 15) is 18.4 Å². The van der Waals surface area contributed by atoms with Crippen molar-refractivity contribution in [3.63, 3.8) is 0 Å². The zero-order chi connectivity index (χ0) is 28.8. The smallest absolute Gasteiger partial charge is 0.307 e. The van der Waals surface area contributed by atoms with Crippen molar-refractivity contribution < 1.29 is 28.2 Å². The molecule has 1 heterocycles. The molecular weight excluding hydrogens is 514 g/mol. The SMILES string of the molecule is COc1ccc(CC(=O)O)cc1-c1cccc(F)c1C1CCC1.C[C@]1(F)CNC2(CCC2)C1.O=CNC1CCC1. The van der Waals surface area contributed by atoms with E-state index in [2.05, 4.69) is 10.6 Å². The second-order valence-corrected chi connectivity index (χ2v) is 11.9. The van der Waals surface area contributed by atoms with Crippen LogP contribution < -0.4 is 15.4 Å². The summed E-state index contributed by atoms with van der Waals surface area (Å²) in [4.78, 5) is 20.7. The molecule has 4 fully saturated rings. The van der Waals surface area contributed by atoms with Gasteiger partial charge in [0.1, 0.15) is 17.2 Å². The van der Waals surface area contributed by atoms with Crippen LogP contribution in [0.2, 0.25) is 0 Å². The number of methoxy groups -OCH3 is 1. The second kappa shape index (κ2) is 13.1. The summed E-state index contributed by atoms with van der Waals surface area (Å²) < 4.78 is 33.1. The van der Waals surface area contributed by atoms with E-state index < -0.39 is 11.6 Å². The highest BCUT2D eigenvalue weighted by atomic mass is 19.1. The molecule has 1 aliphatic heterocycles. The van der Waals surface area contributed by atoms with Gasteiger partial charge in [0.15, 0.2) is 0 Å². The van der Waals surface area contributed by atoms with Gasteiger partial charge in [-0.25, -0.2) is 8.78 Å². The zero-order valence-corrected chi connectivity index (χ0v) is 23.6. The second-order valence-electron chi connectivity index (χ2n) is 11.9. The van der Waals surface area contributed by atoms with Crippen LogP contribution in [0.4, 0.5) is 8.78 Å². The van der Waals surface area contributed by atoms with E-state index in [1.165, 1.54) is 44.6 Å². The number of hydrogen-bond donors (Lipinski definition) is 3. The third-order valence-electron chi connectivity index (χ3n) is 8.73. The van der Waals surface area contributed by atoms with Gasteiger partial charge in [-0.1, -0.05) is 24.6 Å². The Labute approximate surface area is 235 Å². The van der Waals surface area contributed by atoms with Crippen LogP contribution in [0.3, 0.4) is 0 Å². The van der Waals surface area contributed by atoms with Crippen molar-refractivity contribution >= 4 is 12.4 Å². The Hall–Kier alpha value is -3.00.